The van der Waals surface area contributed by atoms with Gasteiger partial charge in [0, 0.05) is 42.6 Å². The smallest absolute Gasteiger partial charge is 0.416 e. The van der Waals surface area contributed by atoms with Gasteiger partial charge in [-0.05, 0) is 70.0 Å². The third kappa shape index (κ3) is 6.29. The summed E-state index contributed by atoms with van der Waals surface area (Å²) in [5.41, 5.74) is 0.392. The van der Waals surface area contributed by atoms with Gasteiger partial charge in [-0.2, -0.15) is 13.2 Å². The Morgan fingerprint density at radius 1 is 1.03 bits per heavy atom. The van der Waals surface area contributed by atoms with Crippen LogP contribution in [0.3, 0.4) is 0 Å². The van der Waals surface area contributed by atoms with Crippen LogP contribution in [0.2, 0.25) is 0 Å². The molecule has 4 rings (SSSR count). The van der Waals surface area contributed by atoms with E-state index in [0.29, 0.717) is 43.4 Å². The summed E-state index contributed by atoms with van der Waals surface area (Å²) < 4.78 is 51.4. The minimum absolute atomic E-state index is 0.166. The van der Waals surface area contributed by atoms with Gasteiger partial charge in [-0.15, -0.1) is 10.2 Å². The van der Waals surface area contributed by atoms with E-state index >= 15 is 0 Å². The van der Waals surface area contributed by atoms with Crippen LogP contribution in [0, 0.1) is 6.92 Å². The number of piperazine rings is 1. The van der Waals surface area contributed by atoms with Crippen molar-refractivity contribution in [3.63, 3.8) is 0 Å². The van der Waals surface area contributed by atoms with Gasteiger partial charge in [-0.3, -0.25) is 0 Å². The number of anilines is 2. The molecule has 11 heteroatoms. The molecule has 3 aromatic rings. The Hall–Kier alpha value is -3.76. The predicted octanol–water partition coefficient (Wildman–Crippen LogP) is 6.20. The molecule has 1 unspecified atom stereocenters. The van der Waals surface area contributed by atoms with Crippen molar-refractivity contribution in [2.45, 2.75) is 52.4 Å². The van der Waals surface area contributed by atoms with Crippen molar-refractivity contribution >= 4 is 28.4 Å². The number of halogens is 3. The highest BCUT2D eigenvalue weighted by Gasteiger charge is 2.33. The van der Waals surface area contributed by atoms with Gasteiger partial charge in [0.2, 0.25) is 5.88 Å². The van der Waals surface area contributed by atoms with Crippen molar-refractivity contribution in [1.82, 2.24) is 15.1 Å². The summed E-state index contributed by atoms with van der Waals surface area (Å²) in [6.07, 6.45) is -4.76. The Morgan fingerprint density at radius 3 is 2.33 bits per heavy atom. The van der Waals surface area contributed by atoms with Crippen LogP contribution in [0.15, 0.2) is 36.4 Å². The number of hydrogen-bond donors (Lipinski definition) is 1. The normalized spacial score (nSPS) is 15.3. The lowest BCUT2D eigenvalue weighted by Crippen LogP contribution is -2.50. The van der Waals surface area contributed by atoms with Crippen LogP contribution >= 0.6 is 0 Å². The lowest BCUT2D eigenvalue weighted by Gasteiger charge is -2.36. The largest absolute Gasteiger partial charge is 0.479 e. The molecule has 1 atom stereocenters. The Bertz CT molecular complexity index is 1350. The molecular formula is C28H34F3N5O3. The molecular weight excluding hydrogens is 511 g/mol. The van der Waals surface area contributed by atoms with Crippen LogP contribution < -0.4 is 15.0 Å². The molecule has 1 fully saturated rings. The molecule has 39 heavy (non-hydrogen) atoms. The number of nitrogens with zero attached hydrogens (tertiary/aromatic N) is 4. The third-order valence-electron chi connectivity index (χ3n) is 6.72. The minimum Gasteiger partial charge on any atom is -0.479 e. The molecule has 8 nitrogen and oxygen atoms in total. The van der Waals surface area contributed by atoms with Crippen LogP contribution in [-0.2, 0) is 10.9 Å². The number of amides is 1. The second kappa shape index (κ2) is 10.8. The molecule has 2 heterocycles. The standard InChI is InChI=1S/C28H34F3N5O3/c1-17-20(8-7-9-23(17)28(29,30)31)18(2)32-24-22-16-19(10-11-21(22)25(38-6)34-33-24)35-12-14-36(15-13-35)26(37)39-27(3,4)5/h7-11,16,18H,12-15H2,1-6H3,(H,32,33). The first-order valence-electron chi connectivity index (χ1n) is 12.8. The molecule has 1 amide bonds. The van der Waals surface area contributed by atoms with E-state index in [2.05, 4.69) is 20.4 Å². The summed E-state index contributed by atoms with van der Waals surface area (Å²) in [5, 5.41) is 13.2. The fraction of sp³-hybridized carbons (Fsp3) is 0.464. The molecule has 1 saturated heterocycles. The zero-order chi connectivity index (χ0) is 28.5. The molecule has 1 aliphatic rings. The van der Waals surface area contributed by atoms with E-state index in [-0.39, 0.29) is 11.7 Å². The SMILES string of the molecule is COc1nnc(NC(C)c2cccc(C(F)(F)F)c2C)c2cc(N3CCN(C(=O)OC(C)(C)C)CC3)ccc12. The highest BCUT2D eigenvalue weighted by Crippen LogP contribution is 2.37. The fourth-order valence-electron chi connectivity index (χ4n) is 4.76. The highest BCUT2D eigenvalue weighted by atomic mass is 19.4. The van der Waals surface area contributed by atoms with Crippen molar-refractivity contribution in [1.29, 1.82) is 0 Å². The van der Waals surface area contributed by atoms with Crippen molar-refractivity contribution < 1.29 is 27.4 Å². The number of hydrogen-bond acceptors (Lipinski definition) is 7. The lowest BCUT2D eigenvalue weighted by atomic mass is 9.97. The van der Waals surface area contributed by atoms with Gasteiger partial charge in [0.25, 0.3) is 0 Å². The fourth-order valence-corrected chi connectivity index (χ4v) is 4.76. The van der Waals surface area contributed by atoms with Crippen molar-refractivity contribution in [2.24, 2.45) is 0 Å². The van der Waals surface area contributed by atoms with Crippen LogP contribution in [0.5, 0.6) is 5.88 Å². The Morgan fingerprint density at radius 2 is 1.72 bits per heavy atom. The number of methoxy groups -OCH3 is 1. The summed E-state index contributed by atoms with van der Waals surface area (Å²) >= 11 is 0. The van der Waals surface area contributed by atoms with Crippen LogP contribution in [0.25, 0.3) is 10.8 Å². The third-order valence-corrected chi connectivity index (χ3v) is 6.72. The van der Waals surface area contributed by atoms with Gasteiger partial charge in [0.1, 0.15) is 5.60 Å². The molecule has 2 aromatic carbocycles. The number of nitrogens with one attached hydrogen (secondary N) is 1. The zero-order valence-electron chi connectivity index (χ0n) is 23.0. The van der Waals surface area contributed by atoms with E-state index in [0.717, 1.165) is 22.5 Å². The topological polar surface area (TPSA) is 79.8 Å². The Kier molecular flexibility index (Phi) is 7.81. The van der Waals surface area contributed by atoms with Gasteiger partial charge in [0.05, 0.1) is 18.7 Å². The average molecular weight is 546 g/mol. The number of carbonyl (C=O) groups excluding carboxylic acids is 1. The molecule has 1 aromatic heterocycles. The number of ether oxygens (including phenoxy) is 2. The lowest BCUT2D eigenvalue weighted by molar-refractivity contribution is -0.138. The summed E-state index contributed by atoms with van der Waals surface area (Å²) in [7, 11) is 1.51. The first-order valence-corrected chi connectivity index (χ1v) is 12.8. The minimum atomic E-state index is -4.44. The summed E-state index contributed by atoms with van der Waals surface area (Å²) in [6, 6.07) is 9.52. The number of aromatic nitrogens is 2. The van der Waals surface area contributed by atoms with E-state index in [4.69, 9.17) is 9.47 Å². The van der Waals surface area contributed by atoms with E-state index in [9.17, 15) is 18.0 Å². The number of fused-ring (bicyclic) bond motifs is 1. The van der Waals surface area contributed by atoms with Crippen LogP contribution in [0.1, 0.15) is 50.4 Å². The second-order valence-corrected chi connectivity index (χ2v) is 10.6. The van der Waals surface area contributed by atoms with Crippen molar-refractivity contribution in [2.75, 3.05) is 43.5 Å². The summed E-state index contributed by atoms with van der Waals surface area (Å²) in [5.74, 6) is 0.782. The van der Waals surface area contributed by atoms with Gasteiger partial charge in [-0.1, -0.05) is 12.1 Å². The van der Waals surface area contributed by atoms with Gasteiger partial charge >= 0.3 is 12.3 Å². The number of alkyl halides is 3. The van der Waals surface area contributed by atoms with E-state index in [1.54, 1.807) is 17.9 Å². The molecule has 0 radical (unpaired) electrons. The number of carbonyl (C=O) groups is 1. The average Bonchev–Trinajstić information content (AvgIpc) is 2.87. The molecule has 1 N–H and O–H groups in total. The van der Waals surface area contributed by atoms with Gasteiger partial charge in [-0.25, -0.2) is 4.79 Å². The number of rotatable bonds is 5. The van der Waals surface area contributed by atoms with Crippen LogP contribution in [-0.4, -0.2) is 60.1 Å². The molecule has 1 aliphatic heterocycles. The maximum absolute atomic E-state index is 13.5. The number of benzene rings is 2. The highest BCUT2D eigenvalue weighted by molar-refractivity contribution is 5.97. The first-order chi connectivity index (χ1) is 18.3. The van der Waals surface area contributed by atoms with E-state index < -0.39 is 23.4 Å². The molecule has 210 valence electrons. The molecule has 0 bridgehead atoms. The van der Waals surface area contributed by atoms with Crippen LogP contribution in [0.4, 0.5) is 29.5 Å². The Balaban J connectivity index is 1.60. The van der Waals surface area contributed by atoms with Crippen molar-refractivity contribution in [3.8, 4) is 5.88 Å². The van der Waals surface area contributed by atoms with Gasteiger partial charge in [0.15, 0.2) is 5.82 Å². The quantitative estimate of drug-likeness (QED) is 0.409. The van der Waals surface area contributed by atoms with E-state index in [1.165, 1.54) is 20.1 Å². The summed E-state index contributed by atoms with van der Waals surface area (Å²) in [6.45, 7) is 11.1. The maximum Gasteiger partial charge on any atom is 0.416 e. The molecule has 0 aliphatic carbocycles. The van der Waals surface area contributed by atoms with Crippen molar-refractivity contribution in [3.05, 3.63) is 53.1 Å². The predicted molar refractivity (Wildman–Crippen MR) is 144 cm³/mol. The molecule has 0 spiro atoms. The zero-order valence-corrected chi connectivity index (χ0v) is 23.0. The summed E-state index contributed by atoms with van der Waals surface area (Å²) in [4.78, 5) is 16.3. The second-order valence-electron chi connectivity index (χ2n) is 10.6. The Labute approximate surface area is 226 Å². The molecule has 0 saturated carbocycles. The monoisotopic (exact) mass is 545 g/mol. The van der Waals surface area contributed by atoms with Gasteiger partial charge < -0.3 is 24.6 Å². The van der Waals surface area contributed by atoms with E-state index in [1.807, 2.05) is 39.0 Å². The first kappa shape index (κ1) is 28.3. The maximum atomic E-state index is 13.5.